The molecule has 3 unspecified atom stereocenters. The van der Waals surface area contributed by atoms with E-state index in [0.717, 1.165) is 4.31 Å². The van der Waals surface area contributed by atoms with Gasteiger partial charge in [-0.05, 0) is 49.7 Å². The standard InChI is InChI=1S/C25H28Cl2N4O7S.C5H10/c1-14(2)29-13-22-30(39(36,37)21-11-17(27)8-9-20(21)38-3)12-18(28-25(34)35)23(32)31(22)19(24(29)33)10-15-4-6-16(26)7-5-15;1-2-4-5-3-1/h4-9,11,14,18-19,22,28H,10,12-13H2,1-3H3,(H,34,35);1-5H2. The first kappa shape index (κ1) is 33.8. The van der Waals surface area contributed by atoms with Crippen molar-refractivity contribution in [1.29, 1.82) is 0 Å². The molecule has 11 nitrogen and oxygen atoms in total. The number of halogens is 2. The predicted octanol–water partition coefficient (Wildman–Crippen LogP) is 4.61. The summed E-state index contributed by atoms with van der Waals surface area (Å²) in [6.45, 7) is 3.00. The number of fused-ring (bicyclic) bond motifs is 1. The molecule has 0 radical (unpaired) electrons. The summed E-state index contributed by atoms with van der Waals surface area (Å²) >= 11 is 12.1. The third-order valence-corrected chi connectivity index (χ3v) is 10.4. The van der Waals surface area contributed by atoms with Crippen molar-refractivity contribution in [3.05, 3.63) is 58.1 Å². The summed E-state index contributed by atoms with van der Waals surface area (Å²) in [5, 5.41) is 12.2. The first-order valence-corrected chi connectivity index (χ1v) is 16.8. The number of nitrogens with one attached hydrogen (secondary N) is 1. The first-order valence-electron chi connectivity index (χ1n) is 14.6. The van der Waals surface area contributed by atoms with Gasteiger partial charge in [-0.15, -0.1) is 0 Å². The van der Waals surface area contributed by atoms with Crippen LogP contribution in [0.15, 0.2) is 47.4 Å². The Balaban J connectivity index is 0.000000802. The lowest BCUT2D eigenvalue weighted by Gasteiger charge is -2.54. The fourth-order valence-electron chi connectivity index (χ4n) is 5.83. The van der Waals surface area contributed by atoms with Crippen LogP contribution in [0.1, 0.15) is 51.5 Å². The van der Waals surface area contributed by atoms with Gasteiger partial charge in [0, 0.05) is 29.1 Å². The molecule has 44 heavy (non-hydrogen) atoms. The molecule has 2 aromatic carbocycles. The zero-order valence-electron chi connectivity index (χ0n) is 24.9. The zero-order valence-corrected chi connectivity index (χ0v) is 27.2. The number of benzene rings is 2. The molecule has 2 N–H and O–H groups in total. The highest BCUT2D eigenvalue weighted by atomic mass is 35.5. The van der Waals surface area contributed by atoms with Crippen LogP contribution in [0.5, 0.6) is 5.75 Å². The number of methoxy groups -OCH3 is 1. The molecule has 0 spiro atoms. The highest BCUT2D eigenvalue weighted by Gasteiger charge is 2.54. The monoisotopic (exact) mass is 668 g/mol. The first-order chi connectivity index (χ1) is 20.8. The number of piperazine rings is 1. The van der Waals surface area contributed by atoms with Crippen LogP contribution in [0.3, 0.4) is 0 Å². The SMILES string of the molecule is C1CCCC1.COc1ccc(Cl)cc1S(=O)(=O)N1CC(NC(=O)O)C(=O)N2C(Cc3ccc(Cl)cc3)C(=O)N(C(C)C)CC21. The molecule has 240 valence electrons. The summed E-state index contributed by atoms with van der Waals surface area (Å²) in [6.07, 6.45) is 4.94. The van der Waals surface area contributed by atoms with Gasteiger partial charge in [0.05, 0.1) is 13.7 Å². The van der Waals surface area contributed by atoms with E-state index in [-0.39, 0.29) is 40.6 Å². The maximum atomic E-state index is 14.1. The molecule has 3 amide bonds. The molecular weight excluding hydrogens is 631 g/mol. The topological polar surface area (TPSA) is 137 Å². The molecule has 3 fully saturated rings. The highest BCUT2D eigenvalue weighted by Crippen LogP contribution is 2.36. The number of hydrogen-bond donors (Lipinski definition) is 2. The van der Waals surface area contributed by atoms with Gasteiger partial charge in [-0.1, -0.05) is 67.4 Å². The summed E-state index contributed by atoms with van der Waals surface area (Å²) in [4.78, 5) is 41.4. The van der Waals surface area contributed by atoms with Gasteiger partial charge in [-0.25, -0.2) is 13.2 Å². The predicted molar refractivity (Wildman–Crippen MR) is 166 cm³/mol. The van der Waals surface area contributed by atoms with Crippen LogP contribution in [0.25, 0.3) is 0 Å². The lowest BCUT2D eigenvalue weighted by molar-refractivity contribution is -0.168. The molecule has 1 saturated carbocycles. The van der Waals surface area contributed by atoms with Gasteiger partial charge in [-0.3, -0.25) is 9.59 Å². The molecule has 5 rings (SSSR count). The van der Waals surface area contributed by atoms with E-state index in [1.54, 1.807) is 38.1 Å². The van der Waals surface area contributed by atoms with Crippen LogP contribution in [-0.4, -0.2) is 90.0 Å². The summed E-state index contributed by atoms with van der Waals surface area (Å²) < 4.78 is 34.6. The lowest BCUT2D eigenvalue weighted by Crippen LogP contribution is -2.76. The van der Waals surface area contributed by atoms with Gasteiger partial charge in [0.1, 0.15) is 28.9 Å². The molecule has 2 saturated heterocycles. The number of sulfonamides is 1. The van der Waals surface area contributed by atoms with Crippen molar-refractivity contribution in [2.24, 2.45) is 0 Å². The number of carbonyl (C=O) groups excluding carboxylic acids is 2. The molecule has 2 aliphatic heterocycles. The fraction of sp³-hybridized carbons (Fsp3) is 0.500. The molecule has 3 atom stereocenters. The van der Waals surface area contributed by atoms with Gasteiger partial charge in [0.2, 0.25) is 21.8 Å². The number of amides is 3. The van der Waals surface area contributed by atoms with Gasteiger partial charge < -0.3 is 25.0 Å². The maximum absolute atomic E-state index is 14.1. The van der Waals surface area contributed by atoms with E-state index >= 15 is 0 Å². The van der Waals surface area contributed by atoms with Crippen LogP contribution in [0.4, 0.5) is 4.79 Å². The van der Waals surface area contributed by atoms with E-state index in [9.17, 15) is 27.9 Å². The third-order valence-electron chi connectivity index (χ3n) is 8.06. The van der Waals surface area contributed by atoms with E-state index in [1.807, 2.05) is 0 Å². The van der Waals surface area contributed by atoms with Crippen molar-refractivity contribution < 1.29 is 32.6 Å². The normalized spacial score (nSPS) is 22.4. The van der Waals surface area contributed by atoms with Crippen LogP contribution in [0, 0.1) is 0 Å². The number of rotatable bonds is 7. The molecule has 3 aliphatic rings. The van der Waals surface area contributed by atoms with Crippen LogP contribution in [-0.2, 0) is 26.0 Å². The van der Waals surface area contributed by atoms with Gasteiger partial charge in [-0.2, -0.15) is 4.31 Å². The van der Waals surface area contributed by atoms with Crippen molar-refractivity contribution in [3.63, 3.8) is 0 Å². The minimum absolute atomic E-state index is 0.0240. The van der Waals surface area contributed by atoms with Crippen molar-refractivity contribution in [3.8, 4) is 5.75 Å². The molecule has 2 aromatic rings. The Kier molecular flexibility index (Phi) is 11.0. The third kappa shape index (κ3) is 7.42. The summed E-state index contributed by atoms with van der Waals surface area (Å²) in [5.74, 6) is -1.04. The van der Waals surface area contributed by atoms with Crippen LogP contribution >= 0.6 is 23.2 Å². The average molecular weight is 670 g/mol. The highest BCUT2D eigenvalue weighted by molar-refractivity contribution is 7.89. The van der Waals surface area contributed by atoms with E-state index in [1.165, 1.54) is 67.2 Å². The van der Waals surface area contributed by atoms with Gasteiger partial charge >= 0.3 is 6.09 Å². The van der Waals surface area contributed by atoms with Crippen LogP contribution < -0.4 is 10.1 Å². The van der Waals surface area contributed by atoms with Gasteiger partial charge in [0.25, 0.3) is 0 Å². The second-order valence-electron chi connectivity index (χ2n) is 11.3. The van der Waals surface area contributed by atoms with Crippen molar-refractivity contribution >= 4 is 51.1 Å². The summed E-state index contributed by atoms with van der Waals surface area (Å²) in [6, 6.07) is 7.98. The average Bonchev–Trinajstić information content (AvgIpc) is 3.57. The Morgan fingerprint density at radius 3 is 2.11 bits per heavy atom. The van der Waals surface area contributed by atoms with Crippen molar-refractivity contribution in [2.75, 3.05) is 20.2 Å². The van der Waals surface area contributed by atoms with Crippen molar-refractivity contribution in [2.45, 2.75) is 81.6 Å². The Morgan fingerprint density at radius 2 is 1.57 bits per heavy atom. The second-order valence-corrected chi connectivity index (χ2v) is 14.0. The fourth-order valence-corrected chi connectivity index (χ4v) is 7.96. The zero-order chi connectivity index (χ0) is 32.2. The number of ether oxygens (including phenoxy) is 1. The number of carbonyl (C=O) groups is 3. The molecule has 2 heterocycles. The summed E-state index contributed by atoms with van der Waals surface area (Å²) in [5.41, 5.74) is 0.689. The number of hydrogen-bond acceptors (Lipinski definition) is 6. The minimum atomic E-state index is -4.42. The quantitative estimate of drug-likeness (QED) is 0.440. The molecule has 0 bridgehead atoms. The molecule has 1 aliphatic carbocycles. The number of carboxylic acid groups (broad SMARTS) is 1. The maximum Gasteiger partial charge on any atom is 0.405 e. The van der Waals surface area contributed by atoms with Gasteiger partial charge in [0.15, 0.2) is 0 Å². The van der Waals surface area contributed by atoms with E-state index < -0.39 is 46.8 Å². The van der Waals surface area contributed by atoms with Crippen LogP contribution in [0.2, 0.25) is 10.0 Å². The Hall–Kier alpha value is -3.06. The van der Waals surface area contributed by atoms with E-state index in [4.69, 9.17) is 27.9 Å². The molecular formula is C30H38Cl2N4O7S. The largest absolute Gasteiger partial charge is 0.495 e. The minimum Gasteiger partial charge on any atom is -0.495 e. The van der Waals surface area contributed by atoms with E-state index in [2.05, 4.69) is 5.32 Å². The summed E-state index contributed by atoms with van der Waals surface area (Å²) in [7, 11) is -3.11. The second kappa shape index (κ2) is 14.4. The molecule has 14 heteroatoms. The Labute approximate surface area is 268 Å². The number of nitrogens with zero attached hydrogens (tertiary/aromatic N) is 3. The Morgan fingerprint density at radius 1 is 0.977 bits per heavy atom. The lowest BCUT2D eigenvalue weighted by atomic mass is 9.96. The van der Waals surface area contributed by atoms with Crippen molar-refractivity contribution in [1.82, 2.24) is 19.4 Å². The Bertz CT molecular complexity index is 1460. The van der Waals surface area contributed by atoms with E-state index in [0.29, 0.717) is 10.6 Å². The molecule has 0 aromatic heterocycles. The smallest absolute Gasteiger partial charge is 0.405 e.